The Morgan fingerprint density at radius 1 is 1.17 bits per heavy atom. The fourth-order valence-corrected chi connectivity index (χ4v) is 3.57. The fraction of sp³-hybridized carbons (Fsp3) is 0.364. The SMILES string of the molecule is COC(=O)C(c1ccc(Cl)cc1)N1CCN(CCOc2cccc(C#N)c2)CC1. The van der Waals surface area contributed by atoms with E-state index in [2.05, 4.69) is 15.9 Å². The van der Waals surface area contributed by atoms with Crippen LogP contribution in [-0.2, 0) is 9.53 Å². The van der Waals surface area contributed by atoms with E-state index in [4.69, 9.17) is 26.3 Å². The third-order valence-electron chi connectivity index (χ3n) is 5.02. The van der Waals surface area contributed by atoms with Crippen molar-refractivity contribution in [3.63, 3.8) is 0 Å². The van der Waals surface area contributed by atoms with Gasteiger partial charge in [0, 0.05) is 37.7 Å². The molecule has 1 unspecified atom stereocenters. The average Bonchev–Trinajstić information content (AvgIpc) is 2.76. The molecular formula is C22H24ClN3O3. The van der Waals surface area contributed by atoms with Gasteiger partial charge in [-0.1, -0.05) is 29.8 Å². The van der Waals surface area contributed by atoms with Crippen LogP contribution >= 0.6 is 11.6 Å². The van der Waals surface area contributed by atoms with Crippen LogP contribution in [0.3, 0.4) is 0 Å². The smallest absolute Gasteiger partial charge is 0.327 e. The van der Waals surface area contributed by atoms with Crippen LogP contribution in [0, 0.1) is 11.3 Å². The Labute approximate surface area is 176 Å². The highest BCUT2D eigenvalue weighted by Crippen LogP contribution is 2.25. The van der Waals surface area contributed by atoms with E-state index in [1.807, 2.05) is 24.3 Å². The number of methoxy groups -OCH3 is 1. The van der Waals surface area contributed by atoms with E-state index < -0.39 is 6.04 Å². The number of halogens is 1. The Hall–Kier alpha value is -2.59. The van der Waals surface area contributed by atoms with Gasteiger partial charge < -0.3 is 9.47 Å². The number of benzene rings is 2. The Morgan fingerprint density at radius 3 is 2.55 bits per heavy atom. The molecular weight excluding hydrogens is 390 g/mol. The molecule has 1 saturated heterocycles. The average molecular weight is 414 g/mol. The van der Waals surface area contributed by atoms with Gasteiger partial charge in [-0.15, -0.1) is 0 Å². The van der Waals surface area contributed by atoms with Crippen molar-refractivity contribution >= 4 is 17.6 Å². The first kappa shape index (κ1) is 21.1. The first-order valence-electron chi connectivity index (χ1n) is 9.53. The summed E-state index contributed by atoms with van der Waals surface area (Å²) in [4.78, 5) is 16.9. The zero-order valence-corrected chi connectivity index (χ0v) is 17.1. The number of hydrogen-bond donors (Lipinski definition) is 0. The van der Waals surface area contributed by atoms with Gasteiger partial charge in [-0.2, -0.15) is 5.26 Å². The van der Waals surface area contributed by atoms with Gasteiger partial charge in [-0.05, 0) is 35.9 Å². The number of nitrogens with zero attached hydrogens (tertiary/aromatic N) is 3. The van der Waals surface area contributed by atoms with Gasteiger partial charge in [0.1, 0.15) is 18.4 Å². The number of piperazine rings is 1. The topological polar surface area (TPSA) is 65.8 Å². The summed E-state index contributed by atoms with van der Waals surface area (Å²) in [5, 5.41) is 9.60. The minimum Gasteiger partial charge on any atom is -0.492 e. The molecule has 0 saturated carbocycles. The first-order chi connectivity index (χ1) is 14.1. The number of hydrogen-bond acceptors (Lipinski definition) is 6. The molecule has 1 aliphatic heterocycles. The second-order valence-corrected chi connectivity index (χ2v) is 7.28. The Morgan fingerprint density at radius 2 is 1.90 bits per heavy atom. The molecule has 0 spiro atoms. The van der Waals surface area contributed by atoms with Crippen molar-refractivity contribution in [3.05, 3.63) is 64.7 Å². The minimum atomic E-state index is -0.426. The molecule has 2 aromatic rings. The summed E-state index contributed by atoms with van der Waals surface area (Å²) in [6, 6.07) is 16.2. The van der Waals surface area contributed by atoms with Crippen LogP contribution in [-0.4, -0.2) is 62.2 Å². The maximum atomic E-state index is 12.4. The predicted molar refractivity (Wildman–Crippen MR) is 111 cm³/mol. The lowest BCUT2D eigenvalue weighted by Gasteiger charge is -2.38. The molecule has 1 aliphatic rings. The predicted octanol–water partition coefficient (Wildman–Crippen LogP) is 3.12. The zero-order valence-electron chi connectivity index (χ0n) is 16.4. The molecule has 152 valence electrons. The van der Waals surface area contributed by atoms with Crippen LogP contribution in [0.25, 0.3) is 0 Å². The second kappa shape index (κ2) is 10.3. The standard InChI is InChI=1S/C22H24ClN3O3/c1-28-22(27)21(18-5-7-19(23)8-6-18)26-11-9-25(10-12-26)13-14-29-20-4-2-3-17(15-20)16-24/h2-8,15,21H,9-14H2,1H3. The number of ether oxygens (including phenoxy) is 2. The number of nitriles is 1. The number of esters is 1. The molecule has 0 amide bonds. The van der Waals surface area contributed by atoms with Gasteiger partial charge in [0.05, 0.1) is 18.7 Å². The molecule has 0 radical (unpaired) electrons. The molecule has 2 aromatic carbocycles. The molecule has 0 aromatic heterocycles. The molecule has 1 atom stereocenters. The summed E-state index contributed by atoms with van der Waals surface area (Å²) in [6.07, 6.45) is 0. The van der Waals surface area contributed by atoms with E-state index >= 15 is 0 Å². The lowest BCUT2D eigenvalue weighted by molar-refractivity contribution is -0.148. The fourth-order valence-electron chi connectivity index (χ4n) is 3.45. The Bertz CT molecular complexity index is 858. The van der Waals surface area contributed by atoms with Crippen molar-refractivity contribution in [2.24, 2.45) is 0 Å². The highest BCUT2D eigenvalue weighted by molar-refractivity contribution is 6.30. The first-order valence-corrected chi connectivity index (χ1v) is 9.91. The van der Waals surface area contributed by atoms with Crippen molar-refractivity contribution in [1.82, 2.24) is 9.80 Å². The summed E-state index contributed by atoms with van der Waals surface area (Å²) in [6.45, 7) is 4.52. The lowest BCUT2D eigenvalue weighted by Crippen LogP contribution is -2.50. The highest BCUT2D eigenvalue weighted by Gasteiger charge is 2.31. The van der Waals surface area contributed by atoms with Crippen LogP contribution in [0.1, 0.15) is 17.2 Å². The highest BCUT2D eigenvalue weighted by atomic mass is 35.5. The van der Waals surface area contributed by atoms with Crippen LogP contribution in [0.15, 0.2) is 48.5 Å². The molecule has 0 bridgehead atoms. The Balaban J connectivity index is 1.52. The van der Waals surface area contributed by atoms with Gasteiger partial charge in [0.2, 0.25) is 0 Å². The van der Waals surface area contributed by atoms with E-state index in [1.54, 1.807) is 24.3 Å². The zero-order chi connectivity index (χ0) is 20.6. The van der Waals surface area contributed by atoms with Crippen LogP contribution in [0.2, 0.25) is 5.02 Å². The van der Waals surface area contributed by atoms with Crippen LogP contribution in [0.5, 0.6) is 5.75 Å². The van der Waals surface area contributed by atoms with Crippen molar-refractivity contribution in [2.45, 2.75) is 6.04 Å². The van der Waals surface area contributed by atoms with Crippen molar-refractivity contribution in [3.8, 4) is 11.8 Å². The van der Waals surface area contributed by atoms with Crippen molar-refractivity contribution < 1.29 is 14.3 Å². The van der Waals surface area contributed by atoms with E-state index in [-0.39, 0.29) is 5.97 Å². The number of carbonyl (C=O) groups is 1. The van der Waals surface area contributed by atoms with E-state index in [0.29, 0.717) is 22.9 Å². The summed E-state index contributed by atoms with van der Waals surface area (Å²) >= 11 is 5.98. The van der Waals surface area contributed by atoms with Crippen LogP contribution in [0.4, 0.5) is 0 Å². The number of rotatable bonds is 7. The quantitative estimate of drug-likeness (QED) is 0.650. The van der Waals surface area contributed by atoms with E-state index in [9.17, 15) is 4.79 Å². The normalized spacial score (nSPS) is 16.0. The van der Waals surface area contributed by atoms with Gasteiger partial charge in [0.15, 0.2) is 0 Å². The van der Waals surface area contributed by atoms with Gasteiger partial charge in [-0.3, -0.25) is 9.80 Å². The van der Waals surface area contributed by atoms with E-state index in [0.717, 1.165) is 38.3 Å². The third-order valence-corrected chi connectivity index (χ3v) is 5.27. The molecule has 0 N–H and O–H groups in total. The monoisotopic (exact) mass is 413 g/mol. The maximum Gasteiger partial charge on any atom is 0.327 e. The van der Waals surface area contributed by atoms with Gasteiger partial charge in [0.25, 0.3) is 0 Å². The van der Waals surface area contributed by atoms with Crippen molar-refractivity contribution in [1.29, 1.82) is 5.26 Å². The molecule has 1 heterocycles. The number of carbonyl (C=O) groups excluding carboxylic acids is 1. The summed E-state index contributed by atoms with van der Waals surface area (Å²) < 4.78 is 10.8. The summed E-state index contributed by atoms with van der Waals surface area (Å²) in [5.41, 5.74) is 1.47. The second-order valence-electron chi connectivity index (χ2n) is 6.84. The largest absolute Gasteiger partial charge is 0.492 e. The molecule has 1 fully saturated rings. The van der Waals surface area contributed by atoms with Crippen LogP contribution < -0.4 is 4.74 Å². The van der Waals surface area contributed by atoms with Gasteiger partial charge >= 0.3 is 5.97 Å². The summed E-state index contributed by atoms with van der Waals surface area (Å²) in [5.74, 6) is 0.442. The lowest BCUT2D eigenvalue weighted by atomic mass is 10.0. The van der Waals surface area contributed by atoms with Crippen molar-refractivity contribution in [2.75, 3.05) is 46.4 Å². The molecule has 7 heteroatoms. The minimum absolute atomic E-state index is 0.263. The molecule has 6 nitrogen and oxygen atoms in total. The molecule has 29 heavy (non-hydrogen) atoms. The summed E-state index contributed by atoms with van der Waals surface area (Å²) in [7, 11) is 1.42. The third kappa shape index (κ3) is 5.70. The maximum absolute atomic E-state index is 12.4. The molecule has 0 aliphatic carbocycles. The molecule has 3 rings (SSSR count). The van der Waals surface area contributed by atoms with E-state index in [1.165, 1.54) is 7.11 Å². The van der Waals surface area contributed by atoms with Gasteiger partial charge in [-0.25, -0.2) is 4.79 Å². The Kier molecular flexibility index (Phi) is 7.48.